The van der Waals surface area contributed by atoms with Crippen molar-refractivity contribution in [3.05, 3.63) is 103 Å². The molecule has 2 N–H and O–H groups in total. The van der Waals surface area contributed by atoms with Gasteiger partial charge in [0, 0.05) is 23.4 Å². The molecular formula is C20H13ClN4O6. The first kappa shape index (κ1) is 21.4. The first-order valence-electron chi connectivity index (χ1n) is 8.66. The van der Waals surface area contributed by atoms with Crippen LogP contribution >= 0.6 is 11.6 Å². The molecule has 10 nitrogen and oxygen atoms in total. The van der Waals surface area contributed by atoms with Crippen LogP contribution in [0.5, 0.6) is 0 Å². The molecule has 0 spiro atoms. The van der Waals surface area contributed by atoms with E-state index >= 15 is 0 Å². The molecule has 31 heavy (non-hydrogen) atoms. The second-order valence-electron chi connectivity index (χ2n) is 6.22. The van der Waals surface area contributed by atoms with Crippen LogP contribution in [-0.4, -0.2) is 21.7 Å². The van der Waals surface area contributed by atoms with E-state index in [9.17, 15) is 29.8 Å². The standard InChI is InChI=1S/C20H13ClN4O6/c21-17-6-1-2-7-18(17)23-19(26)12-4-3-5-14(8-12)22-20(27)13-9-15(24(28)29)11-16(10-13)25(30)31/h1-11H,(H,22,27)(H,23,26). The van der Waals surface area contributed by atoms with Gasteiger partial charge in [-0.05, 0) is 30.3 Å². The molecule has 0 radical (unpaired) electrons. The second-order valence-corrected chi connectivity index (χ2v) is 6.63. The number of rotatable bonds is 6. The average Bonchev–Trinajstić information content (AvgIpc) is 2.75. The van der Waals surface area contributed by atoms with E-state index in [1.165, 1.54) is 24.3 Å². The molecule has 3 aromatic carbocycles. The minimum atomic E-state index is -0.830. The molecule has 0 saturated heterocycles. The fraction of sp³-hybridized carbons (Fsp3) is 0. The molecule has 2 amide bonds. The summed E-state index contributed by atoms with van der Waals surface area (Å²) in [7, 11) is 0. The van der Waals surface area contributed by atoms with Gasteiger partial charge < -0.3 is 10.6 Å². The molecule has 11 heteroatoms. The Labute approximate surface area is 179 Å². The Kier molecular flexibility index (Phi) is 6.22. The van der Waals surface area contributed by atoms with Gasteiger partial charge in [0.15, 0.2) is 0 Å². The van der Waals surface area contributed by atoms with Crippen LogP contribution in [0.25, 0.3) is 0 Å². The monoisotopic (exact) mass is 440 g/mol. The Balaban J connectivity index is 1.82. The maximum atomic E-state index is 12.5. The third kappa shape index (κ3) is 5.19. The first-order chi connectivity index (χ1) is 14.7. The lowest BCUT2D eigenvalue weighted by Gasteiger charge is -2.09. The summed E-state index contributed by atoms with van der Waals surface area (Å²) >= 11 is 6.03. The highest BCUT2D eigenvalue weighted by molar-refractivity contribution is 6.33. The minimum absolute atomic E-state index is 0.211. The van der Waals surface area contributed by atoms with E-state index in [2.05, 4.69) is 10.6 Å². The second kappa shape index (κ2) is 9.01. The zero-order valence-electron chi connectivity index (χ0n) is 15.6. The van der Waals surface area contributed by atoms with Crippen molar-refractivity contribution in [1.82, 2.24) is 0 Å². The summed E-state index contributed by atoms with van der Waals surface area (Å²) in [4.78, 5) is 45.3. The van der Waals surface area contributed by atoms with Crippen LogP contribution in [0.4, 0.5) is 22.7 Å². The van der Waals surface area contributed by atoms with Crippen LogP contribution in [0.15, 0.2) is 66.7 Å². The summed E-state index contributed by atoms with van der Waals surface area (Å²) in [6.45, 7) is 0. The van der Waals surface area contributed by atoms with E-state index < -0.39 is 33.0 Å². The topological polar surface area (TPSA) is 144 Å². The van der Waals surface area contributed by atoms with Gasteiger partial charge in [-0.2, -0.15) is 0 Å². The molecule has 0 bridgehead atoms. The third-order valence-corrected chi connectivity index (χ3v) is 4.42. The normalized spacial score (nSPS) is 10.2. The predicted octanol–water partition coefficient (Wildman–Crippen LogP) is 4.66. The summed E-state index contributed by atoms with van der Waals surface area (Å²) in [5.74, 6) is -1.29. The van der Waals surface area contributed by atoms with Gasteiger partial charge in [0.25, 0.3) is 23.2 Å². The summed E-state index contributed by atoms with van der Waals surface area (Å²) in [6.07, 6.45) is 0. The van der Waals surface area contributed by atoms with Gasteiger partial charge in [-0.1, -0.05) is 29.8 Å². The number of hydrogen-bond acceptors (Lipinski definition) is 6. The molecule has 0 aliphatic rings. The van der Waals surface area contributed by atoms with Crippen LogP contribution in [-0.2, 0) is 0 Å². The molecule has 156 valence electrons. The van der Waals surface area contributed by atoms with E-state index in [0.29, 0.717) is 10.7 Å². The molecule has 0 fully saturated rings. The van der Waals surface area contributed by atoms with Crippen LogP contribution in [0.2, 0.25) is 5.02 Å². The quantitative estimate of drug-likeness (QED) is 0.421. The number of nitrogens with zero attached hydrogens (tertiary/aromatic N) is 2. The third-order valence-electron chi connectivity index (χ3n) is 4.09. The van der Waals surface area contributed by atoms with Crippen LogP contribution in [0.1, 0.15) is 20.7 Å². The maximum absolute atomic E-state index is 12.5. The van der Waals surface area contributed by atoms with E-state index in [4.69, 9.17) is 11.6 Å². The minimum Gasteiger partial charge on any atom is -0.322 e. The van der Waals surface area contributed by atoms with Crippen molar-refractivity contribution in [2.75, 3.05) is 10.6 Å². The van der Waals surface area contributed by atoms with Gasteiger partial charge in [-0.3, -0.25) is 29.8 Å². The molecule has 0 aliphatic carbocycles. The van der Waals surface area contributed by atoms with Gasteiger partial charge in [-0.25, -0.2) is 0 Å². The zero-order chi connectivity index (χ0) is 22.5. The molecular weight excluding hydrogens is 428 g/mol. The number of amides is 2. The Bertz CT molecular complexity index is 1180. The smallest absolute Gasteiger partial charge is 0.277 e. The van der Waals surface area contributed by atoms with Gasteiger partial charge in [-0.15, -0.1) is 0 Å². The fourth-order valence-corrected chi connectivity index (χ4v) is 2.82. The highest BCUT2D eigenvalue weighted by Crippen LogP contribution is 2.24. The Morgan fingerprint density at radius 2 is 1.35 bits per heavy atom. The number of nitrogens with one attached hydrogen (secondary N) is 2. The number of nitro benzene ring substituents is 2. The van der Waals surface area contributed by atoms with Crippen molar-refractivity contribution >= 4 is 46.2 Å². The van der Waals surface area contributed by atoms with E-state index in [1.807, 2.05) is 0 Å². The number of non-ortho nitro benzene ring substituents is 2. The summed E-state index contributed by atoms with van der Waals surface area (Å²) in [5.41, 5.74) is -0.618. The molecule has 0 unspecified atom stereocenters. The number of carbonyl (C=O) groups excluding carboxylic acids is 2. The number of hydrogen-bond donors (Lipinski definition) is 2. The number of carbonyl (C=O) groups is 2. The summed E-state index contributed by atoms with van der Waals surface area (Å²) in [6, 6.07) is 15.2. The largest absolute Gasteiger partial charge is 0.322 e. The SMILES string of the molecule is O=C(Nc1cccc(C(=O)Nc2ccccc2Cl)c1)c1cc([N+](=O)[O-])cc([N+](=O)[O-])c1. The van der Waals surface area contributed by atoms with E-state index in [1.54, 1.807) is 24.3 Å². The van der Waals surface area contributed by atoms with Crippen molar-refractivity contribution in [3.8, 4) is 0 Å². The Morgan fingerprint density at radius 1 is 0.742 bits per heavy atom. The molecule has 0 aliphatic heterocycles. The van der Waals surface area contributed by atoms with Crippen molar-refractivity contribution in [1.29, 1.82) is 0 Å². The van der Waals surface area contributed by atoms with Crippen LogP contribution < -0.4 is 10.6 Å². The molecule has 3 rings (SSSR count). The maximum Gasteiger partial charge on any atom is 0.277 e. The molecule has 0 aromatic heterocycles. The summed E-state index contributed by atoms with van der Waals surface area (Å²) < 4.78 is 0. The van der Waals surface area contributed by atoms with E-state index in [0.717, 1.165) is 18.2 Å². The Hall–Kier alpha value is -4.31. The molecule has 0 atom stereocenters. The average molecular weight is 441 g/mol. The number of anilines is 2. The first-order valence-corrected chi connectivity index (χ1v) is 9.03. The highest BCUT2D eigenvalue weighted by atomic mass is 35.5. The van der Waals surface area contributed by atoms with Crippen molar-refractivity contribution < 1.29 is 19.4 Å². The number of para-hydroxylation sites is 1. The van der Waals surface area contributed by atoms with E-state index in [-0.39, 0.29) is 16.8 Å². The van der Waals surface area contributed by atoms with Crippen LogP contribution in [0.3, 0.4) is 0 Å². The van der Waals surface area contributed by atoms with Gasteiger partial charge >= 0.3 is 0 Å². The van der Waals surface area contributed by atoms with Gasteiger partial charge in [0.2, 0.25) is 0 Å². The Morgan fingerprint density at radius 3 is 1.97 bits per heavy atom. The summed E-state index contributed by atoms with van der Waals surface area (Å²) in [5, 5.41) is 27.5. The zero-order valence-corrected chi connectivity index (χ0v) is 16.3. The van der Waals surface area contributed by atoms with Crippen molar-refractivity contribution in [3.63, 3.8) is 0 Å². The predicted molar refractivity (Wildman–Crippen MR) is 114 cm³/mol. The fourth-order valence-electron chi connectivity index (χ4n) is 2.64. The number of benzene rings is 3. The number of nitro groups is 2. The van der Waals surface area contributed by atoms with Crippen molar-refractivity contribution in [2.45, 2.75) is 0 Å². The lowest BCUT2D eigenvalue weighted by atomic mass is 10.1. The highest BCUT2D eigenvalue weighted by Gasteiger charge is 2.20. The molecule has 3 aromatic rings. The van der Waals surface area contributed by atoms with Gasteiger partial charge in [0.1, 0.15) is 0 Å². The lowest BCUT2D eigenvalue weighted by Crippen LogP contribution is -2.15. The van der Waals surface area contributed by atoms with Crippen molar-refractivity contribution in [2.24, 2.45) is 0 Å². The number of halogens is 1. The molecule has 0 saturated carbocycles. The van der Waals surface area contributed by atoms with Crippen LogP contribution in [0, 0.1) is 20.2 Å². The lowest BCUT2D eigenvalue weighted by molar-refractivity contribution is -0.394. The van der Waals surface area contributed by atoms with Gasteiger partial charge in [0.05, 0.1) is 32.2 Å². The molecule has 0 heterocycles.